The fourth-order valence-electron chi connectivity index (χ4n) is 6.42. The molecule has 3 aromatic carbocycles. The number of likely N-dealkylation sites (N-methyl/N-ethyl adjacent to an activating group) is 1. The van der Waals surface area contributed by atoms with Gasteiger partial charge in [0.1, 0.15) is 0 Å². The monoisotopic (exact) mass is 682 g/mol. The first-order valence-electron chi connectivity index (χ1n) is 16.5. The maximum Gasteiger partial charge on any atom is 0.336 e. The first kappa shape index (κ1) is 36.0. The summed E-state index contributed by atoms with van der Waals surface area (Å²) in [5.74, 6) is -5.00. The number of carboxylic acids is 3. The number of hydrogen-bond acceptors (Lipinski definition) is 7. The van der Waals surface area contributed by atoms with E-state index in [2.05, 4.69) is 76.2 Å². The molecule has 1 atom stereocenters. The zero-order valence-electron chi connectivity index (χ0n) is 27.9. The summed E-state index contributed by atoms with van der Waals surface area (Å²) in [6.07, 6.45) is 5.44. The number of para-hydroxylation sites is 2. The maximum atomic E-state index is 13.9. The number of carbonyl (C=O) groups is 4. The van der Waals surface area contributed by atoms with Gasteiger partial charge in [0.05, 0.1) is 24.6 Å². The molecule has 0 spiro atoms. The Labute approximate surface area is 290 Å². The zero-order valence-corrected chi connectivity index (χ0v) is 27.9. The van der Waals surface area contributed by atoms with Crippen LogP contribution in [0.1, 0.15) is 46.8 Å². The van der Waals surface area contributed by atoms with Gasteiger partial charge in [0.25, 0.3) is 5.91 Å². The molecule has 12 heteroatoms. The molecule has 0 saturated carbocycles. The van der Waals surface area contributed by atoms with Crippen LogP contribution in [0.2, 0.25) is 0 Å². The fourth-order valence-corrected chi connectivity index (χ4v) is 6.42. The minimum absolute atomic E-state index is 0.0225. The Morgan fingerprint density at radius 3 is 2.06 bits per heavy atom. The number of aromatic nitrogens is 1. The van der Waals surface area contributed by atoms with Crippen LogP contribution in [0.4, 0.5) is 5.69 Å². The van der Waals surface area contributed by atoms with Gasteiger partial charge in [-0.3, -0.25) is 19.3 Å². The molecule has 4 N–H and O–H groups in total. The lowest BCUT2D eigenvalue weighted by Gasteiger charge is -2.34. The average molecular weight is 683 g/mol. The molecule has 1 amide bonds. The number of piperazine rings is 1. The molecule has 50 heavy (non-hydrogen) atoms. The molecule has 262 valence electrons. The topological polar surface area (TPSA) is 164 Å². The van der Waals surface area contributed by atoms with E-state index < -0.39 is 36.4 Å². The lowest BCUT2D eigenvalue weighted by Crippen LogP contribution is -2.44. The van der Waals surface area contributed by atoms with Crippen molar-refractivity contribution in [1.29, 1.82) is 0 Å². The van der Waals surface area contributed by atoms with Crippen LogP contribution in [-0.4, -0.2) is 104 Å². The molecule has 0 bridgehead atoms. The number of hydrogen-bond donors (Lipinski definition) is 4. The van der Waals surface area contributed by atoms with Gasteiger partial charge in [-0.2, -0.15) is 0 Å². The van der Waals surface area contributed by atoms with Crippen molar-refractivity contribution in [3.05, 3.63) is 108 Å². The van der Waals surface area contributed by atoms with Crippen LogP contribution in [-0.2, 0) is 20.9 Å². The summed E-state index contributed by atoms with van der Waals surface area (Å²) < 4.78 is 2.39. The number of aryl methyl sites for hydroxylation is 1. The Morgan fingerprint density at radius 1 is 0.780 bits per heavy atom. The number of carbonyl (C=O) groups excluding carboxylic acids is 1. The van der Waals surface area contributed by atoms with Gasteiger partial charge in [-0.15, -0.1) is 0 Å². The summed E-state index contributed by atoms with van der Waals surface area (Å²) in [5, 5.41) is 35.0. The van der Waals surface area contributed by atoms with Gasteiger partial charge < -0.3 is 34.8 Å². The summed E-state index contributed by atoms with van der Waals surface area (Å²) in [4.78, 5) is 51.4. The highest BCUT2D eigenvalue weighted by atomic mass is 16.4. The number of aliphatic hydroxyl groups is 1. The minimum atomic E-state index is -2.74. The van der Waals surface area contributed by atoms with Crippen LogP contribution < -0.4 is 4.90 Å². The van der Waals surface area contributed by atoms with Crippen molar-refractivity contribution in [1.82, 2.24) is 14.4 Å². The zero-order chi connectivity index (χ0) is 35.8. The normalized spacial score (nSPS) is 16.4. The van der Waals surface area contributed by atoms with Gasteiger partial charge in [0, 0.05) is 61.0 Å². The number of benzene rings is 3. The lowest BCUT2D eigenvalue weighted by atomic mass is 9.96. The second-order valence-electron chi connectivity index (χ2n) is 12.7. The molecule has 3 heterocycles. The summed E-state index contributed by atoms with van der Waals surface area (Å²) in [6, 6.07) is 26.2. The van der Waals surface area contributed by atoms with Gasteiger partial charge in [-0.1, -0.05) is 66.7 Å². The van der Waals surface area contributed by atoms with Crippen molar-refractivity contribution in [2.75, 3.05) is 44.7 Å². The van der Waals surface area contributed by atoms with Crippen molar-refractivity contribution in [3.8, 4) is 0 Å². The molecule has 1 aromatic heterocycles. The molecule has 1 unspecified atom stereocenters. The van der Waals surface area contributed by atoms with Crippen LogP contribution >= 0.6 is 0 Å². The second-order valence-corrected chi connectivity index (χ2v) is 12.7. The van der Waals surface area contributed by atoms with Crippen LogP contribution in [0.25, 0.3) is 17.0 Å². The van der Waals surface area contributed by atoms with E-state index in [4.69, 9.17) is 20.4 Å². The molecule has 2 aliphatic rings. The lowest BCUT2D eigenvalue weighted by molar-refractivity contribution is -0.170. The number of aliphatic carboxylic acids is 3. The molecule has 12 nitrogen and oxygen atoms in total. The van der Waals surface area contributed by atoms with Gasteiger partial charge in [0.15, 0.2) is 5.60 Å². The van der Waals surface area contributed by atoms with E-state index in [1.54, 1.807) is 0 Å². The fraction of sp³-hybridized carbons (Fsp3) is 0.316. The van der Waals surface area contributed by atoms with Gasteiger partial charge >= 0.3 is 17.9 Å². The smallest absolute Gasteiger partial charge is 0.336 e. The number of fused-ring (bicyclic) bond motifs is 2. The Morgan fingerprint density at radius 2 is 1.40 bits per heavy atom. The van der Waals surface area contributed by atoms with Crippen LogP contribution in [0, 0.1) is 0 Å². The summed E-state index contributed by atoms with van der Waals surface area (Å²) in [7, 11) is 2.20. The molecule has 1 saturated heterocycles. The first-order valence-corrected chi connectivity index (χ1v) is 16.5. The van der Waals surface area contributed by atoms with Crippen LogP contribution in [0.5, 0.6) is 0 Å². The number of nitrogens with zero attached hydrogens (tertiary/aromatic N) is 4. The van der Waals surface area contributed by atoms with Crippen LogP contribution in [0.3, 0.4) is 0 Å². The van der Waals surface area contributed by atoms with E-state index in [-0.39, 0.29) is 11.9 Å². The number of rotatable bonds is 11. The van der Waals surface area contributed by atoms with Crippen molar-refractivity contribution < 1.29 is 39.6 Å². The molecule has 1 fully saturated rings. The Hall–Kier alpha value is -5.30. The largest absolute Gasteiger partial charge is 0.481 e. The molecule has 2 aliphatic heterocycles. The van der Waals surface area contributed by atoms with Crippen molar-refractivity contribution in [3.63, 3.8) is 0 Å². The molecule has 0 radical (unpaired) electrons. The van der Waals surface area contributed by atoms with E-state index in [1.807, 2.05) is 47.4 Å². The summed E-state index contributed by atoms with van der Waals surface area (Å²) in [6.45, 7) is 6.68. The SMILES string of the molecule is CN1CCN(CCCn2cc(C3C=Cc4ccccc4N3C(=O)c3ccccc3)c3ccccc32)CC1.O=C(O)CC(O)(CC(=O)O)C(=O)O. The molecular formula is C38H42N4O8. The van der Waals surface area contributed by atoms with E-state index in [1.165, 1.54) is 16.5 Å². The Bertz CT molecular complexity index is 1850. The van der Waals surface area contributed by atoms with E-state index in [9.17, 15) is 19.2 Å². The van der Waals surface area contributed by atoms with E-state index in [0.717, 1.165) is 56.9 Å². The van der Waals surface area contributed by atoms with Crippen molar-refractivity contribution in [2.24, 2.45) is 0 Å². The molecule has 0 aliphatic carbocycles. The predicted octanol–water partition coefficient (Wildman–Crippen LogP) is 4.45. The third kappa shape index (κ3) is 8.46. The van der Waals surface area contributed by atoms with Crippen molar-refractivity contribution in [2.45, 2.75) is 37.5 Å². The highest BCUT2D eigenvalue weighted by Gasteiger charge is 2.41. The summed E-state index contributed by atoms with van der Waals surface area (Å²) in [5.41, 5.74) is 2.39. The molecular weight excluding hydrogens is 640 g/mol. The van der Waals surface area contributed by atoms with Gasteiger partial charge in [0.2, 0.25) is 0 Å². The minimum Gasteiger partial charge on any atom is -0.481 e. The molecule has 6 rings (SSSR count). The maximum absolute atomic E-state index is 13.9. The number of amides is 1. The quantitative estimate of drug-likeness (QED) is 0.178. The highest BCUT2D eigenvalue weighted by Crippen LogP contribution is 2.40. The third-order valence-corrected chi connectivity index (χ3v) is 9.06. The van der Waals surface area contributed by atoms with Crippen LogP contribution in [0.15, 0.2) is 91.1 Å². The van der Waals surface area contributed by atoms with E-state index in [0.29, 0.717) is 5.56 Å². The second kappa shape index (κ2) is 15.9. The van der Waals surface area contributed by atoms with Gasteiger partial charge in [-0.25, -0.2) is 4.79 Å². The van der Waals surface area contributed by atoms with Crippen molar-refractivity contribution >= 4 is 46.5 Å². The highest BCUT2D eigenvalue weighted by molar-refractivity contribution is 6.09. The average Bonchev–Trinajstić information content (AvgIpc) is 3.46. The standard InChI is InChI=1S/C32H34N4O.C6H8O7/c1-33-20-22-34(23-21-33)18-9-19-35-24-28(27-13-6-8-15-30(27)35)31-17-16-25-10-5-7-14-29(25)36(31)32(37)26-11-3-2-4-12-26;7-3(8)1-6(13,5(11)12)2-4(9)10/h2-8,10-17,24,31H,9,18-23H2,1H3;13H,1-2H2,(H,7,8)(H,9,10)(H,11,12). The van der Waals surface area contributed by atoms with Gasteiger partial charge in [-0.05, 0) is 49.8 Å². The Balaban J connectivity index is 0.000000320. The number of anilines is 1. The summed E-state index contributed by atoms with van der Waals surface area (Å²) >= 11 is 0. The first-order chi connectivity index (χ1) is 24.0. The van der Waals surface area contributed by atoms with E-state index >= 15 is 0 Å². The molecule has 4 aromatic rings. The Kier molecular flexibility index (Phi) is 11.5. The predicted molar refractivity (Wildman–Crippen MR) is 189 cm³/mol. The third-order valence-electron chi connectivity index (χ3n) is 9.06. The number of carboxylic acid groups (broad SMARTS) is 3.